The molecule has 12 heteroatoms. The maximum absolute atomic E-state index is 12.2. The number of hydrogen-bond acceptors (Lipinski definition) is 7. The lowest BCUT2D eigenvalue weighted by molar-refractivity contribution is -0.114. The number of para-hydroxylation sites is 1. The molecule has 4 aromatic rings. The Morgan fingerprint density at radius 1 is 1.29 bits per heavy atom. The molecule has 1 saturated heterocycles. The van der Waals surface area contributed by atoms with E-state index in [9.17, 15) is 4.79 Å². The number of benzene rings is 2. The van der Waals surface area contributed by atoms with Crippen LogP contribution in [0.3, 0.4) is 0 Å². The van der Waals surface area contributed by atoms with Gasteiger partial charge in [0, 0.05) is 52.8 Å². The van der Waals surface area contributed by atoms with Crippen LogP contribution in [0.5, 0.6) is 0 Å². The molecule has 0 bridgehead atoms. The van der Waals surface area contributed by atoms with E-state index in [1.807, 2.05) is 54.2 Å². The largest absolute Gasteiger partial charge is 0.343 e. The van der Waals surface area contributed by atoms with Crippen LogP contribution in [0.1, 0.15) is 31.9 Å². The number of halogens is 1. The zero-order chi connectivity index (χ0) is 28.4. The highest BCUT2D eigenvalue weighted by molar-refractivity contribution is 7.97. The minimum atomic E-state index is -0.534. The second-order valence-electron chi connectivity index (χ2n) is 10.3. The maximum Gasteiger partial charge on any atom is 0.238 e. The van der Waals surface area contributed by atoms with Crippen LogP contribution >= 0.6 is 34.9 Å². The molecule has 0 saturated carbocycles. The number of aromatic nitrogens is 2. The lowest BCUT2D eigenvalue weighted by Gasteiger charge is -2.35. The average molecular weight is 607 g/mol. The number of nitrogens with two attached hydrogens (primary N) is 1. The smallest absolute Gasteiger partial charge is 0.238 e. The molecule has 212 valence electrons. The molecule has 2 atom stereocenters. The Morgan fingerprint density at radius 2 is 2.12 bits per heavy atom. The lowest BCUT2D eigenvalue weighted by Crippen LogP contribution is -2.47. The van der Waals surface area contributed by atoms with Crippen molar-refractivity contribution in [3.63, 3.8) is 0 Å². The van der Waals surface area contributed by atoms with Crippen LogP contribution in [0.2, 0.25) is 5.02 Å². The summed E-state index contributed by atoms with van der Waals surface area (Å²) in [5.74, 6) is 0.377. The molecule has 2 aliphatic heterocycles. The van der Waals surface area contributed by atoms with Crippen molar-refractivity contribution >= 4 is 63.6 Å². The van der Waals surface area contributed by atoms with E-state index in [1.54, 1.807) is 23.3 Å². The number of carbonyl (C=O) groups excluding carboxylic acids is 1. The summed E-state index contributed by atoms with van der Waals surface area (Å²) in [7, 11) is 0. The molecule has 0 aliphatic carbocycles. The van der Waals surface area contributed by atoms with Crippen molar-refractivity contribution in [3.8, 4) is 11.3 Å². The second-order valence-corrected chi connectivity index (χ2v) is 12.8. The first-order valence-corrected chi connectivity index (χ1v) is 15.6. The van der Waals surface area contributed by atoms with Crippen LogP contribution < -0.4 is 16.4 Å². The number of hydrogen-bond donors (Lipinski definition) is 3. The number of nitrogens with zero attached hydrogens (tertiary/aromatic N) is 5. The summed E-state index contributed by atoms with van der Waals surface area (Å²) in [5, 5.41) is 9.37. The summed E-state index contributed by atoms with van der Waals surface area (Å²) >= 11 is 9.38. The molecule has 41 heavy (non-hydrogen) atoms. The van der Waals surface area contributed by atoms with Crippen molar-refractivity contribution in [2.75, 3.05) is 25.0 Å². The summed E-state index contributed by atoms with van der Waals surface area (Å²) in [6, 6.07) is 15.8. The van der Waals surface area contributed by atoms with Gasteiger partial charge >= 0.3 is 0 Å². The van der Waals surface area contributed by atoms with Crippen molar-refractivity contribution in [2.24, 2.45) is 15.7 Å². The van der Waals surface area contributed by atoms with E-state index in [0.29, 0.717) is 18.1 Å². The molecule has 1 amide bonds. The van der Waals surface area contributed by atoms with Gasteiger partial charge in [-0.15, -0.1) is 11.3 Å². The normalized spacial score (nSPS) is 22.2. The average Bonchev–Trinajstić information content (AvgIpc) is 3.57. The van der Waals surface area contributed by atoms with Gasteiger partial charge in [0.15, 0.2) is 4.96 Å². The standard InChI is InChI=1S/C29H31ClN8OS2/c1-29(26-25(35-28-38(26)15-16-40-28)22-6-2-3-7-23(22)34-24(39)17-31)12-13-32-27(36-29)33-20-5-4-14-37(18-20)41-21-10-8-19(30)9-11-21/h2-3,6-11,13,15-16,20H,4-5,12,14,17-18,31H2,1H3,(H,33,36)(H,34,39)/t20-,29?/m1/s1. The number of amides is 1. The van der Waals surface area contributed by atoms with E-state index >= 15 is 0 Å². The van der Waals surface area contributed by atoms with E-state index in [-0.39, 0.29) is 18.5 Å². The van der Waals surface area contributed by atoms with Gasteiger partial charge in [0.2, 0.25) is 11.9 Å². The van der Waals surface area contributed by atoms with Gasteiger partial charge in [-0.05, 0) is 62.0 Å². The molecule has 2 aliphatic rings. The summed E-state index contributed by atoms with van der Waals surface area (Å²) < 4.78 is 4.49. The fraction of sp³-hybridized carbons (Fsp3) is 0.310. The molecule has 4 heterocycles. The highest BCUT2D eigenvalue weighted by Crippen LogP contribution is 2.39. The Morgan fingerprint density at radius 3 is 2.95 bits per heavy atom. The van der Waals surface area contributed by atoms with Gasteiger partial charge in [-0.3, -0.25) is 9.20 Å². The number of aliphatic imine (C=N–C) groups is 2. The monoisotopic (exact) mass is 606 g/mol. The molecule has 9 nitrogen and oxygen atoms in total. The molecular formula is C29H31ClN8OS2. The van der Waals surface area contributed by atoms with Gasteiger partial charge in [0.25, 0.3) is 0 Å². The predicted molar refractivity (Wildman–Crippen MR) is 169 cm³/mol. The molecule has 2 aromatic carbocycles. The zero-order valence-electron chi connectivity index (χ0n) is 22.6. The van der Waals surface area contributed by atoms with Gasteiger partial charge in [-0.25, -0.2) is 19.3 Å². The Labute approximate surface area is 252 Å². The quantitative estimate of drug-likeness (QED) is 0.242. The molecular weight excluding hydrogens is 576 g/mol. The van der Waals surface area contributed by atoms with Gasteiger partial charge in [-0.2, -0.15) is 0 Å². The Bertz CT molecular complexity index is 1610. The summed E-state index contributed by atoms with van der Waals surface area (Å²) in [5.41, 5.74) is 8.37. The third kappa shape index (κ3) is 6.05. The number of thiazole rings is 1. The maximum atomic E-state index is 12.2. The van der Waals surface area contributed by atoms with Crippen LogP contribution in [-0.2, 0) is 10.3 Å². The van der Waals surface area contributed by atoms with Crippen molar-refractivity contribution < 1.29 is 4.79 Å². The predicted octanol–water partition coefficient (Wildman–Crippen LogP) is 5.42. The fourth-order valence-electron chi connectivity index (χ4n) is 5.29. The van der Waals surface area contributed by atoms with E-state index in [2.05, 4.69) is 43.4 Å². The van der Waals surface area contributed by atoms with Crippen LogP contribution in [0.4, 0.5) is 5.69 Å². The van der Waals surface area contributed by atoms with Gasteiger partial charge in [-0.1, -0.05) is 29.8 Å². The highest BCUT2D eigenvalue weighted by atomic mass is 35.5. The number of anilines is 1. The number of carbonyl (C=O) groups is 1. The molecule has 1 unspecified atom stereocenters. The SMILES string of the molecule is CC1(c2c(-c3ccccc3NC(=O)CN)nc3sccn23)CC=NC(=N[C@@H]2CCCN(Sc3ccc(Cl)cc3)C2)N1. The number of nitrogens with one attached hydrogen (secondary N) is 2. The summed E-state index contributed by atoms with van der Waals surface area (Å²) in [6.45, 7) is 3.92. The minimum absolute atomic E-state index is 0.0914. The number of rotatable bonds is 7. The van der Waals surface area contributed by atoms with Crippen molar-refractivity contribution in [3.05, 3.63) is 70.8 Å². The molecule has 4 N–H and O–H groups in total. The van der Waals surface area contributed by atoms with Crippen molar-refractivity contribution in [1.29, 1.82) is 0 Å². The van der Waals surface area contributed by atoms with Crippen molar-refractivity contribution in [1.82, 2.24) is 19.0 Å². The zero-order valence-corrected chi connectivity index (χ0v) is 25.0. The number of guanidine groups is 1. The Hall–Kier alpha value is -3.22. The van der Waals surface area contributed by atoms with Crippen LogP contribution in [0.25, 0.3) is 16.2 Å². The lowest BCUT2D eigenvalue weighted by atomic mass is 9.89. The fourth-order valence-corrected chi connectivity index (χ4v) is 7.16. The van der Waals surface area contributed by atoms with Crippen LogP contribution in [0.15, 0.2) is 75.0 Å². The van der Waals surface area contributed by atoms with E-state index in [4.69, 9.17) is 27.3 Å². The number of piperidine rings is 1. The topological polar surface area (TPSA) is 112 Å². The molecule has 6 rings (SSSR count). The first kappa shape index (κ1) is 27.9. The first-order valence-electron chi connectivity index (χ1n) is 13.5. The van der Waals surface area contributed by atoms with Crippen LogP contribution in [0, 0.1) is 0 Å². The van der Waals surface area contributed by atoms with Gasteiger partial charge in [0.1, 0.15) is 0 Å². The number of fused-ring (bicyclic) bond motifs is 1. The Balaban J connectivity index is 1.28. The number of imidazole rings is 1. The minimum Gasteiger partial charge on any atom is -0.343 e. The second kappa shape index (κ2) is 11.9. The van der Waals surface area contributed by atoms with Crippen molar-refractivity contribution in [2.45, 2.75) is 42.7 Å². The third-order valence-corrected chi connectivity index (χ3v) is 9.32. The van der Waals surface area contributed by atoms with Gasteiger partial charge in [0.05, 0.1) is 35.2 Å². The molecule has 0 spiro atoms. The summed E-state index contributed by atoms with van der Waals surface area (Å²) in [6.07, 6.45) is 6.71. The van der Waals surface area contributed by atoms with E-state index in [1.165, 1.54) is 4.90 Å². The Kier molecular flexibility index (Phi) is 8.14. The first-order chi connectivity index (χ1) is 19.9. The molecule has 0 radical (unpaired) electrons. The van der Waals surface area contributed by atoms with Gasteiger partial charge < -0.3 is 16.4 Å². The molecule has 2 aromatic heterocycles. The van der Waals surface area contributed by atoms with E-state index < -0.39 is 5.54 Å². The molecule has 1 fully saturated rings. The van der Waals surface area contributed by atoms with E-state index in [0.717, 1.165) is 52.9 Å². The van der Waals surface area contributed by atoms with Crippen LogP contribution in [-0.4, -0.2) is 57.4 Å². The summed E-state index contributed by atoms with van der Waals surface area (Å²) in [4.78, 5) is 29.0. The highest BCUT2D eigenvalue weighted by Gasteiger charge is 2.37. The third-order valence-electron chi connectivity index (χ3n) is 7.24.